The van der Waals surface area contributed by atoms with Crippen LogP contribution in [0.25, 0.3) is 22.1 Å². The Kier molecular flexibility index (Phi) is 5.61. The molecule has 0 spiro atoms. The predicted molar refractivity (Wildman–Crippen MR) is 123 cm³/mol. The SMILES string of the molecule is CCOC(=O)C(C#N)c1nc2ccccc2nc1N1CCC(c2nc3ccccc3o2)CC1. The van der Waals surface area contributed by atoms with Gasteiger partial charge in [0.2, 0.25) is 0 Å². The van der Waals surface area contributed by atoms with Crippen LogP contribution in [0.3, 0.4) is 0 Å². The van der Waals surface area contributed by atoms with Crippen molar-refractivity contribution in [3.63, 3.8) is 0 Å². The molecule has 5 rings (SSSR count). The largest absolute Gasteiger partial charge is 0.465 e. The second kappa shape index (κ2) is 8.87. The molecule has 4 aromatic rings. The van der Waals surface area contributed by atoms with Gasteiger partial charge in [0.05, 0.1) is 23.7 Å². The van der Waals surface area contributed by atoms with Crippen molar-refractivity contribution in [2.75, 3.05) is 24.6 Å². The van der Waals surface area contributed by atoms with Gasteiger partial charge in [-0.1, -0.05) is 24.3 Å². The van der Waals surface area contributed by atoms with E-state index in [4.69, 9.17) is 14.1 Å². The van der Waals surface area contributed by atoms with Crippen molar-refractivity contribution < 1.29 is 13.9 Å². The predicted octanol–water partition coefficient (Wildman–Crippen LogP) is 4.33. The zero-order valence-corrected chi connectivity index (χ0v) is 18.3. The molecule has 1 fully saturated rings. The average molecular weight is 441 g/mol. The van der Waals surface area contributed by atoms with Crippen molar-refractivity contribution in [1.29, 1.82) is 5.26 Å². The molecule has 8 nitrogen and oxygen atoms in total. The van der Waals surface area contributed by atoms with Gasteiger partial charge in [-0.3, -0.25) is 4.79 Å². The van der Waals surface area contributed by atoms with Gasteiger partial charge >= 0.3 is 5.97 Å². The van der Waals surface area contributed by atoms with Crippen LogP contribution in [0.1, 0.15) is 43.2 Å². The summed E-state index contributed by atoms with van der Waals surface area (Å²) in [5, 5.41) is 9.77. The summed E-state index contributed by atoms with van der Waals surface area (Å²) in [6.45, 7) is 3.29. The number of fused-ring (bicyclic) bond motifs is 2. The third-order valence-corrected chi connectivity index (χ3v) is 5.96. The van der Waals surface area contributed by atoms with Crippen LogP contribution in [-0.4, -0.2) is 40.6 Å². The first kappa shape index (κ1) is 20.9. The molecule has 0 aliphatic carbocycles. The number of oxazole rings is 1. The Hall–Kier alpha value is -3.99. The Morgan fingerprint density at radius 1 is 1.09 bits per heavy atom. The fraction of sp³-hybridized carbons (Fsp3) is 0.320. The Morgan fingerprint density at radius 3 is 2.42 bits per heavy atom. The zero-order chi connectivity index (χ0) is 22.8. The van der Waals surface area contributed by atoms with Crippen molar-refractivity contribution in [3.05, 3.63) is 60.1 Å². The van der Waals surface area contributed by atoms with Gasteiger partial charge in [-0.25, -0.2) is 15.0 Å². The molecular formula is C25H23N5O3. The van der Waals surface area contributed by atoms with Crippen LogP contribution in [0.15, 0.2) is 52.9 Å². The van der Waals surface area contributed by atoms with E-state index in [9.17, 15) is 10.1 Å². The number of hydrogen-bond acceptors (Lipinski definition) is 8. The number of nitriles is 1. The number of hydrogen-bond donors (Lipinski definition) is 0. The summed E-state index contributed by atoms with van der Waals surface area (Å²) in [5.41, 5.74) is 3.36. The lowest BCUT2D eigenvalue weighted by Gasteiger charge is -2.32. The molecule has 8 heteroatoms. The Bertz CT molecular complexity index is 1320. The van der Waals surface area contributed by atoms with E-state index in [1.807, 2.05) is 48.5 Å². The molecule has 33 heavy (non-hydrogen) atoms. The van der Waals surface area contributed by atoms with Gasteiger partial charge in [0.1, 0.15) is 11.2 Å². The Balaban J connectivity index is 1.45. The topological polar surface area (TPSA) is 105 Å². The molecular weight excluding hydrogens is 418 g/mol. The van der Waals surface area contributed by atoms with E-state index in [0.717, 1.165) is 35.3 Å². The number of carbonyl (C=O) groups excluding carboxylic acids is 1. The van der Waals surface area contributed by atoms with E-state index < -0.39 is 11.9 Å². The van der Waals surface area contributed by atoms with Gasteiger partial charge in [0.15, 0.2) is 23.2 Å². The molecule has 0 amide bonds. The number of anilines is 1. The lowest BCUT2D eigenvalue weighted by molar-refractivity contribution is -0.143. The van der Waals surface area contributed by atoms with E-state index in [0.29, 0.717) is 30.1 Å². The minimum absolute atomic E-state index is 0.197. The first-order valence-electron chi connectivity index (χ1n) is 11.1. The number of benzene rings is 2. The molecule has 1 aliphatic rings. The Labute approximate surface area is 190 Å². The first-order chi connectivity index (χ1) is 16.2. The van der Waals surface area contributed by atoms with E-state index in [-0.39, 0.29) is 12.5 Å². The second-order valence-electron chi connectivity index (χ2n) is 8.02. The normalized spacial score (nSPS) is 15.5. The molecule has 0 saturated carbocycles. The number of esters is 1. The van der Waals surface area contributed by atoms with Gasteiger partial charge in [-0.2, -0.15) is 5.26 Å². The summed E-state index contributed by atoms with van der Waals surface area (Å²) < 4.78 is 11.1. The van der Waals surface area contributed by atoms with Crippen LogP contribution in [0, 0.1) is 11.3 Å². The van der Waals surface area contributed by atoms with Crippen molar-refractivity contribution in [3.8, 4) is 6.07 Å². The summed E-state index contributed by atoms with van der Waals surface area (Å²) >= 11 is 0. The molecule has 3 heterocycles. The summed E-state index contributed by atoms with van der Waals surface area (Å²) in [5.74, 6) is -0.229. The molecule has 166 valence electrons. The molecule has 0 N–H and O–H groups in total. The summed E-state index contributed by atoms with van der Waals surface area (Å²) in [7, 11) is 0. The maximum Gasteiger partial charge on any atom is 0.329 e. The minimum Gasteiger partial charge on any atom is -0.465 e. The summed E-state index contributed by atoms with van der Waals surface area (Å²) in [6.07, 6.45) is 1.63. The molecule has 0 radical (unpaired) electrons. The van der Waals surface area contributed by atoms with Crippen molar-refractivity contribution >= 4 is 33.9 Å². The number of para-hydroxylation sites is 4. The van der Waals surface area contributed by atoms with Crippen LogP contribution >= 0.6 is 0 Å². The fourth-order valence-electron chi connectivity index (χ4n) is 4.28. The van der Waals surface area contributed by atoms with Crippen molar-refractivity contribution in [2.45, 2.75) is 31.6 Å². The van der Waals surface area contributed by atoms with Crippen LogP contribution < -0.4 is 4.90 Å². The minimum atomic E-state index is -1.13. The maximum atomic E-state index is 12.5. The van der Waals surface area contributed by atoms with Crippen LogP contribution in [0.5, 0.6) is 0 Å². The van der Waals surface area contributed by atoms with Gasteiger partial charge < -0.3 is 14.1 Å². The van der Waals surface area contributed by atoms with E-state index in [2.05, 4.69) is 20.9 Å². The number of aromatic nitrogens is 3. The lowest BCUT2D eigenvalue weighted by Crippen LogP contribution is -2.35. The van der Waals surface area contributed by atoms with Gasteiger partial charge in [0.25, 0.3) is 0 Å². The molecule has 0 bridgehead atoms. The van der Waals surface area contributed by atoms with Gasteiger partial charge in [0, 0.05) is 19.0 Å². The second-order valence-corrected chi connectivity index (χ2v) is 8.02. The first-order valence-corrected chi connectivity index (χ1v) is 11.1. The zero-order valence-electron chi connectivity index (χ0n) is 18.3. The van der Waals surface area contributed by atoms with Crippen LogP contribution in [0.4, 0.5) is 5.82 Å². The Morgan fingerprint density at radius 2 is 1.76 bits per heavy atom. The highest BCUT2D eigenvalue weighted by atomic mass is 16.5. The fourth-order valence-corrected chi connectivity index (χ4v) is 4.28. The highest BCUT2D eigenvalue weighted by Crippen LogP contribution is 2.34. The van der Waals surface area contributed by atoms with Gasteiger partial charge in [-0.15, -0.1) is 0 Å². The average Bonchev–Trinajstić information content (AvgIpc) is 3.29. The number of ether oxygens (including phenoxy) is 1. The molecule has 1 atom stereocenters. The molecule has 1 unspecified atom stereocenters. The number of nitrogens with zero attached hydrogens (tertiary/aromatic N) is 5. The van der Waals surface area contributed by atoms with E-state index in [1.165, 1.54) is 0 Å². The molecule has 2 aromatic carbocycles. The molecule has 2 aromatic heterocycles. The number of carbonyl (C=O) groups is 1. The van der Waals surface area contributed by atoms with Crippen molar-refractivity contribution in [1.82, 2.24) is 15.0 Å². The number of piperidine rings is 1. The molecule has 1 saturated heterocycles. The summed E-state index contributed by atoms with van der Waals surface area (Å²) in [6, 6.07) is 17.3. The van der Waals surface area contributed by atoms with E-state index in [1.54, 1.807) is 6.92 Å². The third kappa shape index (κ3) is 3.98. The smallest absolute Gasteiger partial charge is 0.329 e. The van der Waals surface area contributed by atoms with Crippen molar-refractivity contribution in [2.24, 2.45) is 0 Å². The maximum absolute atomic E-state index is 12.5. The quantitative estimate of drug-likeness (QED) is 0.422. The van der Waals surface area contributed by atoms with Gasteiger partial charge in [-0.05, 0) is 44.0 Å². The summed E-state index contributed by atoms with van der Waals surface area (Å²) in [4.78, 5) is 28.8. The third-order valence-electron chi connectivity index (χ3n) is 5.96. The molecule has 1 aliphatic heterocycles. The van der Waals surface area contributed by atoms with Crippen LogP contribution in [-0.2, 0) is 9.53 Å². The van der Waals surface area contributed by atoms with E-state index >= 15 is 0 Å². The van der Waals surface area contributed by atoms with Crippen LogP contribution in [0.2, 0.25) is 0 Å². The number of rotatable bonds is 5. The monoisotopic (exact) mass is 441 g/mol. The highest BCUT2D eigenvalue weighted by Gasteiger charge is 2.32. The highest BCUT2D eigenvalue weighted by molar-refractivity contribution is 5.85. The standard InChI is InChI=1S/C25H23N5O3/c1-2-32-25(31)17(15-26)22-23(28-19-8-4-3-7-18(19)27-22)30-13-11-16(12-14-30)24-29-20-9-5-6-10-21(20)33-24/h3-10,16-17H,2,11-14H2,1H3. The lowest BCUT2D eigenvalue weighted by atomic mass is 9.96.